The van der Waals surface area contributed by atoms with Crippen LogP contribution in [0.5, 0.6) is 0 Å². The standard InChI is InChI=1S/C12H20N4S/c1-9(2)12-14-8-11(10(7-13)15-12)16-3-5-17-6-4-16/h8-9H,3-7,13H2,1-2H3. The molecule has 1 aliphatic rings. The lowest BCUT2D eigenvalue weighted by molar-refractivity contribution is 0.744. The molecule has 2 N–H and O–H groups in total. The maximum atomic E-state index is 5.80. The molecule has 94 valence electrons. The molecule has 4 nitrogen and oxygen atoms in total. The number of aromatic nitrogens is 2. The number of nitrogens with two attached hydrogens (primary N) is 1. The van der Waals surface area contributed by atoms with Gasteiger partial charge in [0.15, 0.2) is 0 Å². The Hall–Kier alpha value is -0.810. The number of anilines is 1. The predicted molar refractivity (Wildman–Crippen MR) is 73.6 cm³/mol. The molecule has 1 aromatic heterocycles. The molecular formula is C12H20N4S. The summed E-state index contributed by atoms with van der Waals surface area (Å²) in [5.41, 5.74) is 7.91. The number of thioether (sulfide) groups is 1. The van der Waals surface area contributed by atoms with Gasteiger partial charge in [0, 0.05) is 37.1 Å². The molecule has 0 spiro atoms. The molecular weight excluding hydrogens is 232 g/mol. The van der Waals surface area contributed by atoms with Crippen LogP contribution in [0.15, 0.2) is 6.20 Å². The summed E-state index contributed by atoms with van der Waals surface area (Å²) < 4.78 is 0. The minimum absolute atomic E-state index is 0.353. The Morgan fingerprint density at radius 3 is 2.71 bits per heavy atom. The second-order valence-electron chi connectivity index (χ2n) is 4.52. The van der Waals surface area contributed by atoms with Crippen LogP contribution in [0, 0.1) is 0 Å². The summed E-state index contributed by atoms with van der Waals surface area (Å²) in [7, 11) is 0. The van der Waals surface area contributed by atoms with E-state index in [2.05, 4.69) is 28.7 Å². The van der Waals surface area contributed by atoms with Gasteiger partial charge in [0.2, 0.25) is 0 Å². The zero-order chi connectivity index (χ0) is 12.3. The number of hydrogen-bond donors (Lipinski definition) is 1. The topological polar surface area (TPSA) is 55.0 Å². The molecule has 0 amide bonds. The Kier molecular flexibility index (Phi) is 4.23. The third-order valence-corrected chi connectivity index (χ3v) is 3.87. The Labute approximate surface area is 107 Å². The first-order chi connectivity index (χ1) is 8.22. The largest absolute Gasteiger partial charge is 0.367 e. The van der Waals surface area contributed by atoms with Crippen LogP contribution in [-0.4, -0.2) is 34.6 Å². The SMILES string of the molecule is CC(C)c1ncc(N2CCSCC2)c(CN)n1. The van der Waals surface area contributed by atoms with Crippen molar-refractivity contribution in [3.63, 3.8) is 0 Å². The van der Waals surface area contributed by atoms with E-state index in [0.717, 1.165) is 30.3 Å². The van der Waals surface area contributed by atoms with Gasteiger partial charge >= 0.3 is 0 Å². The molecule has 1 aliphatic heterocycles. The zero-order valence-corrected chi connectivity index (χ0v) is 11.3. The second-order valence-corrected chi connectivity index (χ2v) is 5.74. The van der Waals surface area contributed by atoms with Crippen molar-refractivity contribution >= 4 is 17.4 Å². The number of nitrogens with zero attached hydrogens (tertiary/aromatic N) is 3. The smallest absolute Gasteiger partial charge is 0.131 e. The van der Waals surface area contributed by atoms with Crippen molar-refractivity contribution in [3.8, 4) is 0 Å². The molecule has 0 unspecified atom stereocenters. The summed E-state index contributed by atoms with van der Waals surface area (Å²) in [6.07, 6.45) is 1.94. The summed E-state index contributed by atoms with van der Waals surface area (Å²) in [4.78, 5) is 11.4. The summed E-state index contributed by atoms with van der Waals surface area (Å²) in [5, 5.41) is 0. The molecule has 0 radical (unpaired) electrons. The molecule has 0 atom stereocenters. The van der Waals surface area contributed by atoms with E-state index < -0.39 is 0 Å². The van der Waals surface area contributed by atoms with Crippen molar-refractivity contribution in [2.24, 2.45) is 5.73 Å². The van der Waals surface area contributed by atoms with E-state index in [4.69, 9.17) is 5.73 Å². The van der Waals surface area contributed by atoms with Crippen LogP contribution in [-0.2, 0) is 6.54 Å². The maximum absolute atomic E-state index is 5.80. The van der Waals surface area contributed by atoms with Gasteiger partial charge in [-0.1, -0.05) is 13.8 Å². The highest BCUT2D eigenvalue weighted by Gasteiger charge is 2.16. The summed E-state index contributed by atoms with van der Waals surface area (Å²) >= 11 is 2.00. The fourth-order valence-corrected chi connectivity index (χ4v) is 2.83. The first-order valence-corrected chi connectivity index (χ1v) is 7.26. The van der Waals surface area contributed by atoms with Crippen LogP contribution in [0.2, 0.25) is 0 Å². The summed E-state index contributed by atoms with van der Waals surface area (Å²) in [5.74, 6) is 3.60. The molecule has 0 saturated carbocycles. The monoisotopic (exact) mass is 252 g/mol. The molecule has 1 fully saturated rings. The van der Waals surface area contributed by atoms with Crippen LogP contribution < -0.4 is 10.6 Å². The highest BCUT2D eigenvalue weighted by atomic mass is 32.2. The Balaban J connectivity index is 2.26. The van der Waals surface area contributed by atoms with Crippen molar-refractivity contribution < 1.29 is 0 Å². The van der Waals surface area contributed by atoms with Crippen LogP contribution in [0.25, 0.3) is 0 Å². The van der Waals surface area contributed by atoms with Gasteiger partial charge in [-0.15, -0.1) is 0 Å². The van der Waals surface area contributed by atoms with E-state index in [1.807, 2.05) is 18.0 Å². The minimum Gasteiger partial charge on any atom is -0.367 e. The van der Waals surface area contributed by atoms with Crippen LogP contribution in [0.4, 0.5) is 5.69 Å². The molecule has 1 saturated heterocycles. The van der Waals surface area contributed by atoms with Crippen LogP contribution >= 0.6 is 11.8 Å². The second kappa shape index (κ2) is 5.69. The fourth-order valence-electron chi connectivity index (χ4n) is 1.92. The van der Waals surface area contributed by atoms with Gasteiger partial charge in [0.1, 0.15) is 5.82 Å². The minimum atomic E-state index is 0.353. The third-order valence-electron chi connectivity index (χ3n) is 2.93. The Bertz CT molecular complexity index is 375. The lowest BCUT2D eigenvalue weighted by atomic mass is 10.2. The average molecular weight is 252 g/mol. The molecule has 5 heteroatoms. The van der Waals surface area contributed by atoms with Crippen molar-refractivity contribution in [1.29, 1.82) is 0 Å². The van der Waals surface area contributed by atoms with E-state index in [1.165, 1.54) is 11.5 Å². The Morgan fingerprint density at radius 1 is 1.41 bits per heavy atom. The van der Waals surface area contributed by atoms with Gasteiger partial charge in [0.05, 0.1) is 17.6 Å². The fraction of sp³-hybridized carbons (Fsp3) is 0.667. The number of hydrogen-bond acceptors (Lipinski definition) is 5. The van der Waals surface area contributed by atoms with Crippen molar-refractivity contribution in [2.45, 2.75) is 26.3 Å². The highest BCUT2D eigenvalue weighted by Crippen LogP contribution is 2.23. The van der Waals surface area contributed by atoms with Crippen molar-refractivity contribution in [2.75, 3.05) is 29.5 Å². The molecule has 2 rings (SSSR count). The van der Waals surface area contributed by atoms with Gasteiger partial charge in [0.25, 0.3) is 0 Å². The summed E-state index contributed by atoms with van der Waals surface area (Å²) in [6, 6.07) is 0. The Morgan fingerprint density at radius 2 is 2.12 bits per heavy atom. The van der Waals surface area contributed by atoms with E-state index >= 15 is 0 Å². The van der Waals surface area contributed by atoms with Gasteiger partial charge in [-0.2, -0.15) is 11.8 Å². The quantitative estimate of drug-likeness (QED) is 0.886. The van der Waals surface area contributed by atoms with Gasteiger partial charge < -0.3 is 10.6 Å². The summed E-state index contributed by atoms with van der Waals surface area (Å²) in [6.45, 7) is 6.84. The van der Waals surface area contributed by atoms with Crippen LogP contribution in [0.3, 0.4) is 0 Å². The zero-order valence-electron chi connectivity index (χ0n) is 10.5. The average Bonchev–Trinajstić information content (AvgIpc) is 2.39. The lowest BCUT2D eigenvalue weighted by Gasteiger charge is -2.29. The van der Waals surface area contributed by atoms with Gasteiger partial charge in [-0.25, -0.2) is 9.97 Å². The molecule has 0 bridgehead atoms. The van der Waals surface area contributed by atoms with Crippen molar-refractivity contribution in [1.82, 2.24) is 9.97 Å². The molecule has 0 aliphatic carbocycles. The van der Waals surface area contributed by atoms with Crippen LogP contribution in [0.1, 0.15) is 31.3 Å². The van der Waals surface area contributed by atoms with Gasteiger partial charge in [-0.05, 0) is 0 Å². The van der Waals surface area contributed by atoms with Gasteiger partial charge in [-0.3, -0.25) is 0 Å². The van der Waals surface area contributed by atoms with E-state index in [9.17, 15) is 0 Å². The van der Waals surface area contributed by atoms with E-state index in [1.54, 1.807) is 0 Å². The molecule has 0 aromatic carbocycles. The first-order valence-electron chi connectivity index (χ1n) is 6.11. The molecule has 2 heterocycles. The van der Waals surface area contributed by atoms with E-state index in [0.29, 0.717) is 12.5 Å². The number of rotatable bonds is 3. The molecule has 17 heavy (non-hydrogen) atoms. The van der Waals surface area contributed by atoms with E-state index in [-0.39, 0.29) is 0 Å². The normalized spacial score (nSPS) is 16.6. The highest BCUT2D eigenvalue weighted by molar-refractivity contribution is 7.99. The third kappa shape index (κ3) is 2.90. The molecule has 1 aromatic rings. The maximum Gasteiger partial charge on any atom is 0.131 e. The van der Waals surface area contributed by atoms with Crippen molar-refractivity contribution in [3.05, 3.63) is 17.7 Å². The lowest BCUT2D eigenvalue weighted by Crippen LogP contribution is -2.34. The first kappa shape index (κ1) is 12.6. The predicted octanol–water partition coefficient (Wildman–Crippen LogP) is 1.61.